The average Bonchev–Trinajstić information content (AvgIpc) is 2.45. The number of hydrogen-bond acceptors (Lipinski definition) is 0. The van der Waals surface area contributed by atoms with Gasteiger partial charge < -0.3 is 0 Å². The first-order valence-corrected chi connectivity index (χ1v) is 5.50. The van der Waals surface area contributed by atoms with Gasteiger partial charge in [-0.2, -0.15) is 0 Å². The van der Waals surface area contributed by atoms with Gasteiger partial charge >= 0.3 is 0 Å². The van der Waals surface area contributed by atoms with Crippen LogP contribution in [0.3, 0.4) is 0 Å². The van der Waals surface area contributed by atoms with Gasteiger partial charge in [0.1, 0.15) is 0 Å². The summed E-state index contributed by atoms with van der Waals surface area (Å²) in [5, 5.41) is 0. The van der Waals surface area contributed by atoms with Crippen LogP contribution in [0, 0.1) is 41.4 Å². The fraction of sp³-hybridized carbons (Fsp3) is 0.833. The summed E-state index contributed by atoms with van der Waals surface area (Å²) in [5.41, 5.74) is 1.84. The van der Waals surface area contributed by atoms with Gasteiger partial charge in [0.2, 0.25) is 0 Å². The van der Waals surface area contributed by atoms with Gasteiger partial charge in [-0.15, -0.1) is 0 Å². The van der Waals surface area contributed by atoms with Crippen molar-refractivity contribution >= 4 is 0 Å². The van der Waals surface area contributed by atoms with Gasteiger partial charge in [-0.25, -0.2) is 0 Å². The molecule has 5 rings (SSSR count). The number of hydrogen-bond donors (Lipinski definition) is 0. The lowest BCUT2D eigenvalue weighted by Crippen LogP contribution is -2.09. The Morgan fingerprint density at radius 2 is 2.08 bits per heavy atom. The molecule has 64 valence electrons. The second-order valence-corrected chi connectivity index (χ2v) is 5.64. The predicted molar refractivity (Wildman–Crippen MR) is 48.5 cm³/mol. The third-order valence-corrected chi connectivity index (χ3v) is 5.09. The van der Waals surface area contributed by atoms with Crippen LogP contribution in [-0.2, 0) is 0 Å². The lowest BCUT2D eigenvalue weighted by atomic mass is 9.88. The Hall–Kier alpha value is -0.260. The standard InChI is InChI=1S/C12H16/c1-5(2)6-3-7-8-4-9-11(7)12(9)10(6)8/h3,5,7-12H,4H2,1-2H3. The number of rotatable bonds is 1. The first kappa shape index (κ1) is 6.23. The Kier molecular flexibility index (Phi) is 0.799. The fourth-order valence-electron chi connectivity index (χ4n) is 4.83. The molecule has 6 unspecified atom stereocenters. The van der Waals surface area contributed by atoms with Gasteiger partial charge in [0, 0.05) is 0 Å². The van der Waals surface area contributed by atoms with Crippen LogP contribution in [0.25, 0.3) is 0 Å². The molecule has 0 N–H and O–H groups in total. The number of allylic oxidation sites excluding steroid dienone is 2. The maximum absolute atomic E-state index is 2.66. The minimum Gasteiger partial charge on any atom is -0.0811 e. The van der Waals surface area contributed by atoms with E-state index < -0.39 is 0 Å². The largest absolute Gasteiger partial charge is 0.0811 e. The van der Waals surface area contributed by atoms with E-state index in [2.05, 4.69) is 19.9 Å². The minimum atomic E-state index is 0.836. The Morgan fingerprint density at radius 1 is 1.25 bits per heavy atom. The van der Waals surface area contributed by atoms with Crippen LogP contribution >= 0.6 is 0 Å². The summed E-state index contributed by atoms with van der Waals surface area (Å²) in [6.07, 6.45) is 4.26. The summed E-state index contributed by atoms with van der Waals surface area (Å²) in [4.78, 5) is 0. The highest BCUT2D eigenvalue weighted by Crippen LogP contribution is 2.80. The zero-order chi connectivity index (χ0) is 8.03. The van der Waals surface area contributed by atoms with Crippen LogP contribution < -0.4 is 0 Å². The molecule has 4 fully saturated rings. The molecule has 0 spiro atoms. The molecule has 4 saturated carbocycles. The third kappa shape index (κ3) is 0.427. The topological polar surface area (TPSA) is 0 Å². The molecule has 5 aliphatic carbocycles. The molecule has 0 amide bonds. The van der Waals surface area contributed by atoms with Crippen molar-refractivity contribution in [1.82, 2.24) is 0 Å². The normalized spacial score (nSPS) is 63.1. The summed E-state index contributed by atoms with van der Waals surface area (Å²) in [7, 11) is 0. The van der Waals surface area contributed by atoms with E-state index in [9.17, 15) is 0 Å². The molecular weight excluding hydrogens is 144 g/mol. The Labute approximate surface area is 74.0 Å². The van der Waals surface area contributed by atoms with Crippen molar-refractivity contribution in [2.24, 2.45) is 41.4 Å². The highest BCUT2D eigenvalue weighted by atomic mass is 14.8. The van der Waals surface area contributed by atoms with Crippen molar-refractivity contribution in [2.75, 3.05) is 0 Å². The van der Waals surface area contributed by atoms with Gasteiger partial charge in [0.25, 0.3) is 0 Å². The van der Waals surface area contributed by atoms with E-state index in [-0.39, 0.29) is 0 Å². The van der Waals surface area contributed by atoms with E-state index in [4.69, 9.17) is 0 Å². The van der Waals surface area contributed by atoms with E-state index in [1.807, 2.05) is 5.57 Å². The summed E-state index contributed by atoms with van der Waals surface area (Å²) in [6, 6.07) is 0. The van der Waals surface area contributed by atoms with E-state index in [0.717, 1.165) is 23.7 Å². The molecule has 0 radical (unpaired) electrons. The molecule has 0 saturated heterocycles. The molecule has 5 aliphatic rings. The Bertz CT molecular complexity index is 286. The van der Waals surface area contributed by atoms with Crippen molar-refractivity contribution in [3.05, 3.63) is 11.6 Å². The molecule has 0 aromatic carbocycles. The molecule has 0 heterocycles. The second-order valence-electron chi connectivity index (χ2n) is 5.64. The zero-order valence-electron chi connectivity index (χ0n) is 7.83. The molecular formula is C12H16. The quantitative estimate of drug-likeness (QED) is 0.517. The van der Waals surface area contributed by atoms with Crippen LogP contribution in [0.5, 0.6) is 0 Å². The van der Waals surface area contributed by atoms with Crippen LogP contribution in [0.4, 0.5) is 0 Å². The van der Waals surface area contributed by atoms with Crippen LogP contribution in [-0.4, -0.2) is 0 Å². The highest BCUT2D eigenvalue weighted by molar-refractivity contribution is 5.38. The summed E-state index contributed by atoms with van der Waals surface area (Å²) in [6.45, 7) is 4.75. The lowest BCUT2D eigenvalue weighted by molar-refractivity contribution is 0.441. The molecule has 0 aliphatic heterocycles. The smallest absolute Gasteiger partial charge is 0.0132 e. The molecule has 6 atom stereocenters. The van der Waals surface area contributed by atoms with Crippen LogP contribution in [0.15, 0.2) is 11.6 Å². The van der Waals surface area contributed by atoms with Crippen molar-refractivity contribution in [1.29, 1.82) is 0 Å². The maximum atomic E-state index is 2.66. The Morgan fingerprint density at radius 3 is 2.58 bits per heavy atom. The zero-order valence-corrected chi connectivity index (χ0v) is 7.83. The van der Waals surface area contributed by atoms with E-state index in [1.54, 1.807) is 6.42 Å². The molecule has 12 heavy (non-hydrogen) atoms. The first-order chi connectivity index (χ1) is 5.79. The van der Waals surface area contributed by atoms with Crippen LogP contribution in [0.2, 0.25) is 0 Å². The first-order valence-electron chi connectivity index (χ1n) is 5.50. The summed E-state index contributed by atoms with van der Waals surface area (Å²) >= 11 is 0. The second kappa shape index (κ2) is 1.54. The summed E-state index contributed by atoms with van der Waals surface area (Å²) < 4.78 is 0. The SMILES string of the molecule is CC(C)C1=CC2C3CC4C2C4C13. The molecule has 0 heteroatoms. The minimum absolute atomic E-state index is 0.836. The molecule has 0 aromatic heterocycles. The monoisotopic (exact) mass is 160 g/mol. The van der Waals surface area contributed by atoms with E-state index in [1.165, 1.54) is 17.8 Å². The van der Waals surface area contributed by atoms with Gasteiger partial charge in [-0.3, -0.25) is 0 Å². The Balaban J connectivity index is 1.82. The van der Waals surface area contributed by atoms with Crippen LogP contribution in [0.1, 0.15) is 20.3 Å². The van der Waals surface area contributed by atoms with E-state index in [0.29, 0.717) is 0 Å². The fourth-order valence-corrected chi connectivity index (χ4v) is 4.83. The highest BCUT2D eigenvalue weighted by Gasteiger charge is 2.75. The van der Waals surface area contributed by atoms with Gasteiger partial charge in [0.15, 0.2) is 0 Å². The van der Waals surface area contributed by atoms with Crippen molar-refractivity contribution in [3.8, 4) is 0 Å². The predicted octanol–water partition coefficient (Wildman–Crippen LogP) is 2.71. The van der Waals surface area contributed by atoms with Crippen molar-refractivity contribution in [3.63, 3.8) is 0 Å². The van der Waals surface area contributed by atoms with Gasteiger partial charge in [-0.05, 0) is 47.8 Å². The molecule has 0 aromatic rings. The van der Waals surface area contributed by atoms with Gasteiger partial charge in [0.05, 0.1) is 0 Å². The molecule has 6 bridgehead atoms. The average molecular weight is 160 g/mol. The van der Waals surface area contributed by atoms with Gasteiger partial charge in [-0.1, -0.05) is 25.5 Å². The molecule has 0 nitrogen and oxygen atoms in total. The third-order valence-electron chi connectivity index (χ3n) is 5.09. The van der Waals surface area contributed by atoms with Crippen molar-refractivity contribution in [2.45, 2.75) is 20.3 Å². The van der Waals surface area contributed by atoms with E-state index >= 15 is 0 Å². The maximum Gasteiger partial charge on any atom is -0.0132 e. The summed E-state index contributed by atoms with van der Waals surface area (Å²) in [5.74, 6) is 7.65. The lowest BCUT2D eigenvalue weighted by Gasteiger charge is -2.17. The van der Waals surface area contributed by atoms with Crippen molar-refractivity contribution < 1.29 is 0 Å².